The lowest BCUT2D eigenvalue weighted by atomic mass is 9.91. The number of para-hydroxylation sites is 1. The highest BCUT2D eigenvalue weighted by Gasteiger charge is 2.61. The lowest BCUT2D eigenvalue weighted by Crippen LogP contribution is -2.44. The number of nitrogens with one attached hydrogen (secondary N) is 1. The molecule has 270 valence electrons. The fourth-order valence-corrected chi connectivity index (χ4v) is 8.32. The van der Waals surface area contributed by atoms with Gasteiger partial charge in [-0.1, -0.05) is 30.3 Å². The highest BCUT2D eigenvalue weighted by atomic mass is 32.2. The first-order valence-electron chi connectivity index (χ1n) is 16.8. The average Bonchev–Trinajstić information content (AvgIpc) is 3.97. The topological polar surface area (TPSA) is 174 Å². The molecule has 0 unspecified atom stereocenters. The number of esters is 1. The van der Waals surface area contributed by atoms with E-state index in [1.807, 2.05) is 0 Å². The van der Waals surface area contributed by atoms with E-state index in [4.69, 9.17) is 9.47 Å². The van der Waals surface area contributed by atoms with Crippen molar-refractivity contribution in [3.05, 3.63) is 77.6 Å². The molecule has 2 aliphatic carbocycles. The first-order chi connectivity index (χ1) is 24.2. The molecule has 4 atom stereocenters. The van der Waals surface area contributed by atoms with Crippen LogP contribution in [-0.4, -0.2) is 77.6 Å². The number of ether oxygens (including phenoxy) is 2. The Morgan fingerprint density at radius 2 is 1.78 bits per heavy atom. The Labute approximate surface area is 294 Å². The van der Waals surface area contributed by atoms with E-state index in [1.165, 1.54) is 41.0 Å². The quantitative estimate of drug-likeness (QED) is 0.139. The SMILES string of the molecule is C=C[C@@H]1C[C@]1(CC(=O)[C@@H]1C[C@@H](OC(=O)N2Cc3cccc(F)c3C2)CN1C(=O)CCC(=O)c1ccccc1OC(C)=O)C(=O)NS(=O)(=O)C1CC1. The van der Waals surface area contributed by atoms with E-state index < -0.39 is 80.0 Å². The molecule has 15 heteroatoms. The smallest absolute Gasteiger partial charge is 0.410 e. The molecule has 51 heavy (non-hydrogen) atoms. The molecule has 2 heterocycles. The van der Waals surface area contributed by atoms with Crippen molar-refractivity contribution in [3.8, 4) is 5.75 Å². The van der Waals surface area contributed by atoms with Gasteiger partial charge in [0, 0.05) is 44.7 Å². The predicted molar refractivity (Wildman–Crippen MR) is 178 cm³/mol. The highest BCUT2D eigenvalue weighted by molar-refractivity contribution is 7.90. The van der Waals surface area contributed by atoms with E-state index in [0.717, 1.165) is 0 Å². The van der Waals surface area contributed by atoms with Crippen molar-refractivity contribution in [2.75, 3.05) is 6.54 Å². The number of Topliss-reactive ketones (excluding diaryl/α,β-unsaturated/α-hetero) is 2. The van der Waals surface area contributed by atoms with Crippen molar-refractivity contribution in [2.45, 2.75) is 82.4 Å². The van der Waals surface area contributed by atoms with Crippen LogP contribution in [-0.2, 0) is 47.0 Å². The Balaban J connectivity index is 1.17. The number of hydrogen-bond donors (Lipinski definition) is 1. The summed E-state index contributed by atoms with van der Waals surface area (Å²) in [7, 11) is -3.90. The first-order valence-corrected chi connectivity index (χ1v) is 18.3. The number of hydrogen-bond acceptors (Lipinski definition) is 10. The third kappa shape index (κ3) is 7.58. The summed E-state index contributed by atoms with van der Waals surface area (Å²) in [6.07, 6.45) is -0.262. The van der Waals surface area contributed by atoms with Gasteiger partial charge in [-0.3, -0.25) is 33.6 Å². The second kappa shape index (κ2) is 14.0. The molecule has 0 bridgehead atoms. The minimum Gasteiger partial charge on any atom is -0.444 e. The number of halogens is 1. The zero-order valence-corrected chi connectivity index (χ0v) is 28.8. The van der Waals surface area contributed by atoms with E-state index in [9.17, 15) is 41.6 Å². The number of sulfonamides is 1. The summed E-state index contributed by atoms with van der Waals surface area (Å²) in [6, 6.07) is 9.49. The number of allylic oxidation sites excluding steroid dienone is 1. The Hall–Kier alpha value is -4.92. The molecule has 2 aliphatic heterocycles. The molecule has 1 saturated heterocycles. The summed E-state index contributed by atoms with van der Waals surface area (Å²) in [5, 5.41) is -0.655. The van der Waals surface area contributed by atoms with Crippen molar-refractivity contribution in [1.29, 1.82) is 0 Å². The number of nitrogens with zero attached hydrogens (tertiary/aromatic N) is 2. The molecule has 0 aromatic heterocycles. The maximum atomic E-state index is 14.3. The van der Waals surface area contributed by atoms with Crippen molar-refractivity contribution in [3.63, 3.8) is 0 Å². The van der Waals surface area contributed by atoms with E-state index in [0.29, 0.717) is 24.0 Å². The second-order valence-corrected chi connectivity index (χ2v) is 15.5. The van der Waals surface area contributed by atoms with Crippen LogP contribution in [0.3, 0.4) is 0 Å². The summed E-state index contributed by atoms with van der Waals surface area (Å²) in [5.74, 6) is -3.91. The lowest BCUT2D eigenvalue weighted by molar-refractivity contribution is -0.139. The lowest BCUT2D eigenvalue weighted by Gasteiger charge is -2.25. The minimum absolute atomic E-state index is 0.0141. The number of likely N-dealkylation sites (tertiary alicyclic amines) is 1. The number of ketones is 2. The average molecular weight is 724 g/mol. The first kappa shape index (κ1) is 35.9. The number of benzene rings is 2. The predicted octanol–water partition coefficient (Wildman–Crippen LogP) is 3.60. The van der Waals surface area contributed by atoms with Crippen LogP contribution >= 0.6 is 0 Å². The van der Waals surface area contributed by atoms with Gasteiger partial charge in [0.1, 0.15) is 17.7 Å². The number of rotatable bonds is 13. The maximum absolute atomic E-state index is 14.3. The summed E-state index contributed by atoms with van der Waals surface area (Å²) >= 11 is 0. The summed E-state index contributed by atoms with van der Waals surface area (Å²) in [4.78, 5) is 81.5. The zero-order chi connectivity index (χ0) is 36.7. The van der Waals surface area contributed by atoms with Gasteiger partial charge in [-0.2, -0.15) is 0 Å². The van der Waals surface area contributed by atoms with Gasteiger partial charge in [0.25, 0.3) is 0 Å². The Morgan fingerprint density at radius 1 is 1.04 bits per heavy atom. The molecule has 0 spiro atoms. The zero-order valence-electron chi connectivity index (χ0n) is 28.0. The number of carbonyl (C=O) groups is 6. The Bertz CT molecular complexity index is 1930. The van der Waals surface area contributed by atoms with Crippen LogP contribution in [0.15, 0.2) is 55.1 Å². The van der Waals surface area contributed by atoms with Crippen LogP contribution in [0.25, 0.3) is 0 Å². The van der Waals surface area contributed by atoms with Gasteiger partial charge in [-0.05, 0) is 48.9 Å². The van der Waals surface area contributed by atoms with Crippen LogP contribution in [0, 0.1) is 17.2 Å². The number of fused-ring (bicyclic) bond motifs is 1. The van der Waals surface area contributed by atoms with Gasteiger partial charge in [-0.25, -0.2) is 17.6 Å². The van der Waals surface area contributed by atoms with Crippen molar-refractivity contribution in [2.24, 2.45) is 11.3 Å². The summed E-state index contributed by atoms with van der Waals surface area (Å²) in [5.41, 5.74) is -0.259. The van der Waals surface area contributed by atoms with Gasteiger partial charge in [0.15, 0.2) is 11.6 Å². The normalized spacial score (nSPS) is 23.6. The van der Waals surface area contributed by atoms with E-state index in [-0.39, 0.29) is 63.1 Å². The minimum atomic E-state index is -3.90. The van der Waals surface area contributed by atoms with E-state index >= 15 is 0 Å². The van der Waals surface area contributed by atoms with Crippen LogP contribution < -0.4 is 9.46 Å². The third-order valence-electron chi connectivity index (χ3n) is 9.97. The second-order valence-electron chi connectivity index (χ2n) is 13.6. The Morgan fingerprint density at radius 3 is 2.45 bits per heavy atom. The monoisotopic (exact) mass is 723 g/mol. The van der Waals surface area contributed by atoms with Gasteiger partial charge in [0.2, 0.25) is 21.8 Å². The largest absolute Gasteiger partial charge is 0.444 e. The van der Waals surface area contributed by atoms with Gasteiger partial charge < -0.3 is 14.4 Å². The van der Waals surface area contributed by atoms with E-state index in [2.05, 4.69) is 11.3 Å². The van der Waals surface area contributed by atoms with E-state index in [1.54, 1.807) is 24.3 Å². The Kier molecular flexibility index (Phi) is 9.86. The molecule has 2 aromatic rings. The molecule has 2 aromatic carbocycles. The van der Waals surface area contributed by atoms with Crippen molar-refractivity contribution in [1.82, 2.24) is 14.5 Å². The maximum Gasteiger partial charge on any atom is 0.410 e. The molecule has 13 nitrogen and oxygen atoms in total. The third-order valence-corrected chi connectivity index (χ3v) is 11.8. The van der Waals surface area contributed by atoms with Crippen LogP contribution in [0.4, 0.5) is 9.18 Å². The molecule has 3 fully saturated rings. The van der Waals surface area contributed by atoms with Gasteiger partial charge >= 0.3 is 12.1 Å². The highest BCUT2D eigenvalue weighted by Crippen LogP contribution is 2.57. The van der Waals surface area contributed by atoms with Crippen molar-refractivity contribution >= 4 is 45.5 Å². The summed E-state index contributed by atoms with van der Waals surface area (Å²) < 4.78 is 52.5. The standard InChI is InChI=1S/C36H38FN3O10S/c1-3-23-16-36(23,34(45)38-51(47,48)25-11-12-25)17-31(43)29-15-24(50-35(46)39-18-22-7-6-9-28(37)27(22)20-39)19-40(29)33(44)14-13-30(42)26-8-4-5-10-32(26)49-21(2)41/h3-10,23-25,29H,1,11-20H2,2H3,(H,38,45)/t23-,24-,29+,36-/m1/s1. The fraction of sp³-hybridized carbons (Fsp3) is 0.444. The molecule has 0 radical (unpaired) electrons. The molecular formula is C36H38FN3O10S. The molecular weight excluding hydrogens is 685 g/mol. The van der Waals surface area contributed by atoms with Gasteiger partial charge in [-0.15, -0.1) is 6.58 Å². The molecule has 3 amide bonds. The number of amides is 3. The van der Waals surface area contributed by atoms with Crippen LogP contribution in [0.2, 0.25) is 0 Å². The van der Waals surface area contributed by atoms with Crippen molar-refractivity contribution < 1.29 is 51.0 Å². The molecule has 2 saturated carbocycles. The fourth-order valence-electron chi connectivity index (χ4n) is 6.94. The molecule has 4 aliphatic rings. The van der Waals surface area contributed by atoms with Gasteiger partial charge in [0.05, 0.1) is 35.4 Å². The van der Waals surface area contributed by atoms with Crippen LogP contribution in [0.1, 0.15) is 73.4 Å². The molecule has 6 rings (SSSR count). The van der Waals surface area contributed by atoms with Crippen LogP contribution in [0.5, 0.6) is 5.75 Å². The molecule has 1 N–H and O–H groups in total. The number of carbonyl (C=O) groups excluding carboxylic acids is 6. The summed E-state index contributed by atoms with van der Waals surface area (Å²) in [6.45, 7) is 4.84.